The van der Waals surface area contributed by atoms with Crippen molar-refractivity contribution in [3.63, 3.8) is 0 Å². The van der Waals surface area contributed by atoms with Crippen LogP contribution in [0.25, 0.3) is 28.0 Å². The van der Waals surface area contributed by atoms with E-state index in [0.29, 0.717) is 18.2 Å². The minimum absolute atomic E-state index is 0.219. The number of aromatic nitrogens is 4. The van der Waals surface area contributed by atoms with E-state index in [2.05, 4.69) is 26.4 Å². The SMILES string of the molecule is CC(CN(C)C)Cn1ccc(-c2ccc3c(c2)ncn3-c2ccccc2)nc1=O. The van der Waals surface area contributed by atoms with Crippen molar-refractivity contribution in [2.24, 2.45) is 5.92 Å². The molecule has 2 aromatic carbocycles. The Hall–Kier alpha value is -3.25. The van der Waals surface area contributed by atoms with Gasteiger partial charge in [0.2, 0.25) is 0 Å². The molecule has 0 radical (unpaired) electrons. The summed E-state index contributed by atoms with van der Waals surface area (Å²) in [6.07, 6.45) is 3.66. The quantitative estimate of drug-likeness (QED) is 0.509. The van der Waals surface area contributed by atoms with Gasteiger partial charge in [-0.2, -0.15) is 4.98 Å². The Balaban J connectivity index is 1.62. The van der Waals surface area contributed by atoms with Crippen molar-refractivity contribution in [3.8, 4) is 16.9 Å². The zero-order chi connectivity index (χ0) is 20.4. The molecule has 0 fully saturated rings. The second-order valence-corrected chi connectivity index (χ2v) is 7.77. The zero-order valence-corrected chi connectivity index (χ0v) is 17.0. The number of para-hydroxylation sites is 1. The predicted octanol–water partition coefficient (Wildman–Crippen LogP) is 3.45. The average molecular weight is 387 g/mol. The van der Waals surface area contributed by atoms with Crippen LogP contribution < -0.4 is 5.69 Å². The smallest absolute Gasteiger partial charge is 0.309 e. The Bertz CT molecular complexity index is 1180. The molecule has 148 valence electrons. The van der Waals surface area contributed by atoms with Crippen LogP contribution in [0.4, 0.5) is 0 Å². The number of fused-ring (bicyclic) bond motifs is 1. The number of nitrogens with zero attached hydrogens (tertiary/aromatic N) is 5. The third kappa shape index (κ3) is 4.12. The maximum Gasteiger partial charge on any atom is 0.348 e. The van der Waals surface area contributed by atoms with Crippen molar-refractivity contribution in [2.75, 3.05) is 20.6 Å². The van der Waals surface area contributed by atoms with E-state index in [1.807, 2.05) is 81.2 Å². The van der Waals surface area contributed by atoms with Crippen LogP contribution in [0.1, 0.15) is 6.92 Å². The topological polar surface area (TPSA) is 56.0 Å². The van der Waals surface area contributed by atoms with Gasteiger partial charge in [-0.1, -0.05) is 31.2 Å². The summed E-state index contributed by atoms with van der Waals surface area (Å²) in [5, 5.41) is 0. The molecule has 0 saturated carbocycles. The third-order valence-electron chi connectivity index (χ3n) is 4.94. The minimum Gasteiger partial charge on any atom is -0.309 e. The monoisotopic (exact) mass is 387 g/mol. The maximum atomic E-state index is 12.5. The third-order valence-corrected chi connectivity index (χ3v) is 4.94. The standard InChI is InChI=1S/C23H25N5O/c1-17(14-26(2)3)15-27-12-11-20(25-23(27)29)18-9-10-22-21(13-18)24-16-28(22)19-7-5-4-6-8-19/h4-13,16-17H,14-15H2,1-3H3. The van der Waals surface area contributed by atoms with Gasteiger partial charge in [0.25, 0.3) is 0 Å². The summed E-state index contributed by atoms with van der Waals surface area (Å²) in [6, 6.07) is 18.0. The molecule has 1 unspecified atom stereocenters. The van der Waals surface area contributed by atoms with E-state index in [1.54, 1.807) is 4.57 Å². The van der Waals surface area contributed by atoms with E-state index in [0.717, 1.165) is 28.8 Å². The number of hydrogen-bond acceptors (Lipinski definition) is 4. The van der Waals surface area contributed by atoms with Gasteiger partial charge in [-0.25, -0.2) is 9.78 Å². The largest absolute Gasteiger partial charge is 0.348 e. The van der Waals surface area contributed by atoms with Crippen LogP contribution in [-0.2, 0) is 6.54 Å². The Kier molecular flexibility index (Phi) is 5.27. The van der Waals surface area contributed by atoms with E-state index >= 15 is 0 Å². The van der Waals surface area contributed by atoms with Gasteiger partial charge in [0, 0.05) is 30.5 Å². The lowest BCUT2D eigenvalue weighted by Crippen LogP contribution is -2.29. The summed E-state index contributed by atoms with van der Waals surface area (Å²) in [5.74, 6) is 0.369. The first kappa shape index (κ1) is 19.1. The second-order valence-electron chi connectivity index (χ2n) is 7.77. The van der Waals surface area contributed by atoms with Crippen LogP contribution >= 0.6 is 0 Å². The summed E-state index contributed by atoms with van der Waals surface area (Å²) in [6.45, 7) is 3.72. The van der Waals surface area contributed by atoms with Gasteiger partial charge in [0.15, 0.2) is 0 Å². The molecule has 29 heavy (non-hydrogen) atoms. The number of rotatable bonds is 6. The second kappa shape index (κ2) is 8.01. The molecular formula is C23H25N5O. The summed E-state index contributed by atoms with van der Waals surface area (Å²) in [5.41, 5.74) is 4.30. The summed E-state index contributed by atoms with van der Waals surface area (Å²) >= 11 is 0. The molecule has 2 heterocycles. The number of imidazole rings is 1. The van der Waals surface area contributed by atoms with Crippen LogP contribution in [-0.4, -0.2) is 44.6 Å². The Morgan fingerprint density at radius 1 is 1.07 bits per heavy atom. The molecule has 0 aliphatic carbocycles. The highest BCUT2D eigenvalue weighted by atomic mass is 16.1. The van der Waals surface area contributed by atoms with Crippen LogP contribution in [0.5, 0.6) is 0 Å². The summed E-state index contributed by atoms with van der Waals surface area (Å²) < 4.78 is 3.73. The molecule has 4 aromatic rings. The molecule has 1 atom stereocenters. The van der Waals surface area contributed by atoms with Gasteiger partial charge < -0.3 is 4.90 Å². The minimum atomic E-state index is -0.219. The van der Waals surface area contributed by atoms with Crippen molar-refractivity contribution in [3.05, 3.63) is 77.6 Å². The normalized spacial score (nSPS) is 12.6. The molecule has 6 heteroatoms. The first-order chi connectivity index (χ1) is 14.0. The highest BCUT2D eigenvalue weighted by Gasteiger charge is 2.10. The molecule has 0 aliphatic heterocycles. The van der Waals surface area contributed by atoms with E-state index in [9.17, 15) is 4.79 Å². The molecule has 4 rings (SSSR count). The summed E-state index contributed by atoms with van der Waals surface area (Å²) in [4.78, 5) is 23.5. The van der Waals surface area contributed by atoms with Crippen LogP contribution in [0.3, 0.4) is 0 Å². The van der Waals surface area contributed by atoms with Gasteiger partial charge in [-0.05, 0) is 50.3 Å². The molecule has 6 nitrogen and oxygen atoms in total. The van der Waals surface area contributed by atoms with Gasteiger partial charge in [0.05, 0.1) is 16.7 Å². The van der Waals surface area contributed by atoms with E-state index in [1.165, 1.54) is 0 Å². The maximum absolute atomic E-state index is 12.5. The first-order valence-corrected chi connectivity index (χ1v) is 9.76. The van der Waals surface area contributed by atoms with Crippen molar-refractivity contribution in [2.45, 2.75) is 13.5 Å². The lowest BCUT2D eigenvalue weighted by molar-refractivity contribution is 0.312. The van der Waals surface area contributed by atoms with Crippen LogP contribution in [0, 0.1) is 5.92 Å². The molecule has 2 aromatic heterocycles. The van der Waals surface area contributed by atoms with E-state index in [-0.39, 0.29) is 5.69 Å². The van der Waals surface area contributed by atoms with Gasteiger partial charge in [-0.15, -0.1) is 0 Å². The Labute approximate surface area is 170 Å². The molecule has 0 bridgehead atoms. The lowest BCUT2D eigenvalue weighted by Gasteiger charge is -2.17. The van der Waals surface area contributed by atoms with E-state index in [4.69, 9.17) is 0 Å². The number of benzene rings is 2. The van der Waals surface area contributed by atoms with Crippen molar-refractivity contribution < 1.29 is 0 Å². The Morgan fingerprint density at radius 2 is 1.86 bits per heavy atom. The molecular weight excluding hydrogens is 362 g/mol. The van der Waals surface area contributed by atoms with Crippen molar-refractivity contribution in [1.29, 1.82) is 0 Å². The molecule has 0 saturated heterocycles. The molecule has 0 amide bonds. The van der Waals surface area contributed by atoms with Gasteiger partial charge in [0.1, 0.15) is 6.33 Å². The zero-order valence-electron chi connectivity index (χ0n) is 17.0. The van der Waals surface area contributed by atoms with Crippen LogP contribution in [0.2, 0.25) is 0 Å². The molecule has 0 N–H and O–H groups in total. The highest BCUT2D eigenvalue weighted by Crippen LogP contribution is 2.24. The van der Waals surface area contributed by atoms with Crippen LogP contribution in [0.15, 0.2) is 71.9 Å². The van der Waals surface area contributed by atoms with Crippen molar-refractivity contribution >= 4 is 11.0 Å². The summed E-state index contributed by atoms with van der Waals surface area (Å²) in [7, 11) is 4.08. The van der Waals surface area contributed by atoms with Gasteiger partial charge in [-0.3, -0.25) is 9.13 Å². The van der Waals surface area contributed by atoms with E-state index < -0.39 is 0 Å². The highest BCUT2D eigenvalue weighted by molar-refractivity contribution is 5.82. The fourth-order valence-corrected chi connectivity index (χ4v) is 3.71. The fraction of sp³-hybridized carbons (Fsp3) is 0.261. The van der Waals surface area contributed by atoms with Crippen molar-refractivity contribution in [1.82, 2.24) is 24.0 Å². The first-order valence-electron chi connectivity index (χ1n) is 9.76. The number of hydrogen-bond donors (Lipinski definition) is 0. The Morgan fingerprint density at radius 3 is 2.59 bits per heavy atom. The predicted molar refractivity (Wildman–Crippen MR) is 116 cm³/mol. The molecule has 0 aliphatic rings. The average Bonchev–Trinajstić information content (AvgIpc) is 3.13. The van der Waals surface area contributed by atoms with Gasteiger partial charge >= 0.3 is 5.69 Å². The molecule has 0 spiro atoms. The fourth-order valence-electron chi connectivity index (χ4n) is 3.71. The lowest BCUT2D eigenvalue weighted by atomic mass is 10.1.